The Morgan fingerprint density at radius 3 is 2.67 bits per heavy atom. The molecule has 15 heavy (non-hydrogen) atoms. The molecule has 0 unspecified atom stereocenters. The zero-order valence-corrected chi connectivity index (χ0v) is 8.85. The molecule has 0 spiro atoms. The summed E-state index contributed by atoms with van der Waals surface area (Å²) in [7, 11) is 0. The van der Waals surface area contributed by atoms with Crippen LogP contribution in [0.4, 0.5) is 5.69 Å². The third-order valence-corrected chi connectivity index (χ3v) is 3.04. The van der Waals surface area contributed by atoms with E-state index in [0.717, 1.165) is 12.8 Å². The average Bonchev–Trinajstić information content (AvgIpc) is 2.62. The highest BCUT2D eigenvalue weighted by Gasteiger charge is 2.21. The van der Waals surface area contributed by atoms with E-state index in [-0.39, 0.29) is 10.6 Å². The van der Waals surface area contributed by atoms with Crippen molar-refractivity contribution in [2.75, 3.05) is 0 Å². The molecule has 0 aromatic carbocycles. The van der Waals surface area contributed by atoms with E-state index in [4.69, 9.17) is 0 Å². The van der Waals surface area contributed by atoms with E-state index in [1.54, 1.807) is 17.8 Å². The first-order chi connectivity index (χ1) is 7.18. The van der Waals surface area contributed by atoms with E-state index in [1.807, 2.05) is 0 Å². The molecule has 1 aliphatic rings. The van der Waals surface area contributed by atoms with Gasteiger partial charge in [-0.2, -0.15) is 5.10 Å². The summed E-state index contributed by atoms with van der Waals surface area (Å²) in [6, 6.07) is 0.367. The average molecular weight is 209 g/mol. The molecular formula is C10H15N3O2. The summed E-state index contributed by atoms with van der Waals surface area (Å²) in [4.78, 5) is 10.3. The van der Waals surface area contributed by atoms with Crippen LogP contribution in [0.25, 0.3) is 0 Å². The van der Waals surface area contributed by atoms with E-state index in [2.05, 4.69) is 5.10 Å². The summed E-state index contributed by atoms with van der Waals surface area (Å²) in [5.74, 6) is 0. The van der Waals surface area contributed by atoms with Crippen molar-refractivity contribution in [3.63, 3.8) is 0 Å². The normalized spacial score (nSPS) is 17.9. The van der Waals surface area contributed by atoms with Crippen molar-refractivity contribution >= 4 is 5.69 Å². The Morgan fingerprint density at radius 2 is 2.13 bits per heavy atom. The summed E-state index contributed by atoms with van der Waals surface area (Å²) >= 11 is 0. The largest absolute Gasteiger partial charge is 0.309 e. The van der Waals surface area contributed by atoms with Gasteiger partial charge in [-0.15, -0.1) is 0 Å². The van der Waals surface area contributed by atoms with Crippen LogP contribution in [0.1, 0.15) is 43.8 Å². The minimum Gasteiger partial charge on any atom is -0.262 e. The maximum Gasteiger partial charge on any atom is 0.309 e. The molecule has 0 N–H and O–H groups in total. The molecule has 0 saturated heterocycles. The Kier molecular flexibility index (Phi) is 2.70. The lowest BCUT2D eigenvalue weighted by Gasteiger charge is -2.21. The topological polar surface area (TPSA) is 61.0 Å². The third-order valence-electron chi connectivity index (χ3n) is 3.04. The number of hydrogen-bond acceptors (Lipinski definition) is 3. The highest BCUT2D eigenvalue weighted by atomic mass is 16.6. The molecule has 5 nitrogen and oxygen atoms in total. The Morgan fingerprint density at radius 1 is 1.47 bits per heavy atom. The van der Waals surface area contributed by atoms with Gasteiger partial charge in [0.1, 0.15) is 11.9 Å². The fourth-order valence-corrected chi connectivity index (χ4v) is 2.18. The zero-order chi connectivity index (χ0) is 10.8. The molecule has 0 atom stereocenters. The second kappa shape index (κ2) is 4.00. The predicted molar refractivity (Wildman–Crippen MR) is 55.7 cm³/mol. The number of hydrogen-bond donors (Lipinski definition) is 0. The van der Waals surface area contributed by atoms with Crippen molar-refractivity contribution < 1.29 is 4.92 Å². The molecule has 5 heteroatoms. The van der Waals surface area contributed by atoms with E-state index in [1.165, 1.54) is 19.3 Å². The van der Waals surface area contributed by atoms with Crippen LogP contribution in [-0.2, 0) is 0 Å². The van der Waals surface area contributed by atoms with Crippen LogP contribution in [0.3, 0.4) is 0 Å². The Hall–Kier alpha value is -1.39. The lowest BCUT2D eigenvalue weighted by atomic mass is 9.96. The predicted octanol–water partition coefficient (Wildman–Crippen LogP) is 2.60. The quantitative estimate of drug-likeness (QED) is 0.555. The van der Waals surface area contributed by atoms with E-state index in [0.29, 0.717) is 11.7 Å². The van der Waals surface area contributed by atoms with Gasteiger partial charge in [-0.3, -0.25) is 14.8 Å². The molecule has 2 rings (SSSR count). The minimum absolute atomic E-state index is 0.139. The lowest BCUT2D eigenvalue weighted by molar-refractivity contribution is -0.385. The van der Waals surface area contributed by atoms with Crippen LogP contribution < -0.4 is 0 Å². The molecular weight excluding hydrogens is 194 g/mol. The Labute approximate surface area is 88.2 Å². The second-order valence-electron chi connectivity index (χ2n) is 4.13. The molecule has 1 heterocycles. The van der Waals surface area contributed by atoms with Crippen LogP contribution in [0, 0.1) is 17.0 Å². The van der Waals surface area contributed by atoms with Gasteiger partial charge in [0, 0.05) is 0 Å². The van der Waals surface area contributed by atoms with Gasteiger partial charge in [0.05, 0.1) is 11.0 Å². The molecule has 1 fully saturated rings. The zero-order valence-electron chi connectivity index (χ0n) is 8.85. The fourth-order valence-electron chi connectivity index (χ4n) is 2.18. The minimum atomic E-state index is -0.359. The lowest BCUT2D eigenvalue weighted by Crippen LogP contribution is -2.13. The molecule has 1 saturated carbocycles. The first kappa shape index (κ1) is 10.1. The Bertz CT molecular complexity index is 367. The molecule has 1 aromatic rings. The third kappa shape index (κ3) is 2.00. The first-order valence-corrected chi connectivity index (χ1v) is 5.38. The highest BCUT2D eigenvalue weighted by Crippen LogP contribution is 2.29. The number of nitrogens with zero attached hydrogens (tertiary/aromatic N) is 3. The van der Waals surface area contributed by atoms with Crippen LogP contribution >= 0.6 is 0 Å². The van der Waals surface area contributed by atoms with Crippen LogP contribution in [-0.4, -0.2) is 14.7 Å². The van der Waals surface area contributed by atoms with Gasteiger partial charge in [-0.05, 0) is 19.8 Å². The van der Waals surface area contributed by atoms with Gasteiger partial charge in [0.2, 0.25) is 0 Å². The summed E-state index contributed by atoms with van der Waals surface area (Å²) in [5.41, 5.74) is 0.658. The van der Waals surface area contributed by atoms with Crippen LogP contribution in [0.15, 0.2) is 6.20 Å². The van der Waals surface area contributed by atoms with Gasteiger partial charge in [-0.1, -0.05) is 19.3 Å². The van der Waals surface area contributed by atoms with E-state index in [9.17, 15) is 10.1 Å². The Balaban J connectivity index is 2.21. The maximum absolute atomic E-state index is 10.7. The van der Waals surface area contributed by atoms with E-state index >= 15 is 0 Å². The van der Waals surface area contributed by atoms with Gasteiger partial charge in [0.25, 0.3) is 0 Å². The van der Waals surface area contributed by atoms with Crippen LogP contribution in [0.2, 0.25) is 0 Å². The molecule has 0 amide bonds. The highest BCUT2D eigenvalue weighted by molar-refractivity contribution is 5.31. The maximum atomic E-state index is 10.7. The van der Waals surface area contributed by atoms with Crippen molar-refractivity contribution in [3.05, 3.63) is 22.0 Å². The summed E-state index contributed by atoms with van der Waals surface area (Å²) in [6.07, 6.45) is 7.45. The molecule has 82 valence electrons. The van der Waals surface area contributed by atoms with Crippen LogP contribution in [0.5, 0.6) is 0 Å². The standard InChI is InChI=1S/C10H15N3O2/c1-8-10(13(14)15)7-12(11-8)9-5-3-2-4-6-9/h7,9H,2-6H2,1H3. The van der Waals surface area contributed by atoms with Crippen molar-refractivity contribution in [2.45, 2.75) is 45.1 Å². The molecule has 1 aromatic heterocycles. The van der Waals surface area contributed by atoms with Crippen molar-refractivity contribution in [3.8, 4) is 0 Å². The van der Waals surface area contributed by atoms with Crippen molar-refractivity contribution in [1.82, 2.24) is 9.78 Å². The molecule has 0 radical (unpaired) electrons. The number of rotatable bonds is 2. The number of aromatic nitrogens is 2. The van der Waals surface area contributed by atoms with Crippen molar-refractivity contribution in [2.24, 2.45) is 0 Å². The second-order valence-corrected chi connectivity index (χ2v) is 4.13. The number of nitro groups is 1. The molecule has 0 bridgehead atoms. The SMILES string of the molecule is Cc1nn(C2CCCCC2)cc1[N+](=O)[O-]. The molecule has 1 aliphatic carbocycles. The van der Waals surface area contributed by atoms with Gasteiger partial charge < -0.3 is 0 Å². The van der Waals surface area contributed by atoms with Crippen molar-refractivity contribution in [1.29, 1.82) is 0 Å². The number of aryl methyl sites for hydroxylation is 1. The van der Waals surface area contributed by atoms with E-state index < -0.39 is 0 Å². The van der Waals surface area contributed by atoms with Gasteiger partial charge in [0.15, 0.2) is 0 Å². The monoisotopic (exact) mass is 209 g/mol. The fraction of sp³-hybridized carbons (Fsp3) is 0.700. The summed E-state index contributed by atoms with van der Waals surface area (Å²) in [5, 5.41) is 14.9. The van der Waals surface area contributed by atoms with Gasteiger partial charge >= 0.3 is 5.69 Å². The first-order valence-electron chi connectivity index (χ1n) is 5.38. The van der Waals surface area contributed by atoms with Gasteiger partial charge in [-0.25, -0.2) is 0 Å². The summed E-state index contributed by atoms with van der Waals surface area (Å²) in [6.45, 7) is 1.69. The summed E-state index contributed by atoms with van der Waals surface area (Å²) < 4.78 is 1.78. The smallest absolute Gasteiger partial charge is 0.262 e. The molecule has 0 aliphatic heterocycles.